The van der Waals surface area contributed by atoms with Crippen molar-refractivity contribution in [2.75, 3.05) is 20.3 Å². The van der Waals surface area contributed by atoms with Crippen LogP contribution in [-0.4, -0.2) is 44.1 Å². The summed E-state index contributed by atoms with van der Waals surface area (Å²) in [4.78, 5) is 35.6. The van der Waals surface area contributed by atoms with E-state index in [0.29, 0.717) is 17.2 Å². The third kappa shape index (κ3) is 9.08. The van der Waals surface area contributed by atoms with Gasteiger partial charge >= 0.3 is 5.97 Å². The third-order valence-electron chi connectivity index (χ3n) is 3.94. The molecule has 0 saturated carbocycles. The molecule has 0 aliphatic rings. The fraction of sp³-hybridized carbons (Fsp3) is 0.550. The molecule has 0 fully saturated rings. The molecule has 2 N–H and O–H groups in total. The maximum atomic E-state index is 12.1. The maximum Gasteiger partial charge on any atom is 0.325 e. The van der Waals surface area contributed by atoms with Gasteiger partial charge in [0.05, 0.1) is 12.7 Å². The van der Waals surface area contributed by atoms with Gasteiger partial charge in [0.25, 0.3) is 11.8 Å². The molecule has 1 aromatic carbocycles. The van der Waals surface area contributed by atoms with E-state index < -0.39 is 11.9 Å². The second-order valence-electron chi connectivity index (χ2n) is 6.84. The third-order valence-corrected chi connectivity index (χ3v) is 3.94. The first-order valence-corrected chi connectivity index (χ1v) is 9.19. The molecule has 150 valence electrons. The van der Waals surface area contributed by atoms with Crippen LogP contribution in [0, 0.1) is 5.92 Å². The number of amides is 2. The molecule has 0 bridgehead atoms. The molecule has 1 atom stereocenters. The quantitative estimate of drug-likeness (QED) is 0.576. The fourth-order valence-corrected chi connectivity index (χ4v) is 2.50. The highest BCUT2D eigenvalue weighted by atomic mass is 16.5. The van der Waals surface area contributed by atoms with Crippen LogP contribution in [0.5, 0.6) is 5.75 Å². The zero-order valence-electron chi connectivity index (χ0n) is 16.5. The monoisotopic (exact) mass is 378 g/mol. The van der Waals surface area contributed by atoms with Crippen LogP contribution in [0.3, 0.4) is 0 Å². The number of hydrogen-bond acceptors (Lipinski definition) is 5. The van der Waals surface area contributed by atoms with Gasteiger partial charge in [-0.25, -0.2) is 0 Å². The molecule has 0 radical (unpaired) electrons. The molecule has 1 aromatic rings. The summed E-state index contributed by atoms with van der Waals surface area (Å²) in [5, 5.41) is 5.25. The summed E-state index contributed by atoms with van der Waals surface area (Å²) in [6.45, 7) is 5.56. The van der Waals surface area contributed by atoms with Crippen molar-refractivity contribution in [1.29, 1.82) is 0 Å². The van der Waals surface area contributed by atoms with Crippen molar-refractivity contribution >= 4 is 17.8 Å². The average Bonchev–Trinajstić information content (AvgIpc) is 2.63. The summed E-state index contributed by atoms with van der Waals surface area (Å²) in [7, 11) is 1.46. The number of esters is 1. The average molecular weight is 378 g/mol. The van der Waals surface area contributed by atoms with Gasteiger partial charge < -0.3 is 20.1 Å². The summed E-state index contributed by atoms with van der Waals surface area (Å²) in [5.74, 6) is -0.431. The molecule has 27 heavy (non-hydrogen) atoms. The van der Waals surface area contributed by atoms with E-state index in [1.54, 1.807) is 24.3 Å². The Morgan fingerprint density at radius 2 is 1.78 bits per heavy atom. The first kappa shape index (κ1) is 22.5. The van der Waals surface area contributed by atoms with Crippen LogP contribution in [0.4, 0.5) is 0 Å². The number of carbonyl (C=O) groups is 3. The van der Waals surface area contributed by atoms with Crippen molar-refractivity contribution in [2.24, 2.45) is 5.92 Å². The Balaban J connectivity index is 2.28. The summed E-state index contributed by atoms with van der Waals surface area (Å²) >= 11 is 0. The van der Waals surface area contributed by atoms with E-state index in [1.165, 1.54) is 7.11 Å². The molecule has 0 spiro atoms. The topological polar surface area (TPSA) is 93.7 Å². The largest absolute Gasteiger partial charge is 0.496 e. The second-order valence-corrected chi connectivity index (χ2v) is 6.84. The first-order valence-electron chi connectivity index (χ1n) is 9.19. The van der Waals surface area contributed by atoms with Gasteiger partial charge in [-0.15, -0.1) is 0 Å². The molecule has 0 heterocycles. The Kier molecular flexibility index (Phi) is 9.93. The first-order chi connectivity index (χ1) is 12.8. The van der Waals surface area contributed by atoms with Gasteiger partial charge in [0.2, 0.25) is 0 Å². The number of hydrogen-bond donors (Lipinski definition) is 2. The lowest BCUT2D eigenvalue weighted by Gasteiger charge is -2.14. The fourth-order valence-electron chi connectivity index (χ4n) is 2.50. The van der Waals surface area contributed by atoms with Gasteiger partial charge in [-0.2, -0.15) is 0 Å². The molecule has 7 nitrogen and oxygen atoms in total. The maximum absolute atomic E-state index is 12.1. The van der Waals surface area contributed by atoms with E-state index in [9.17, 15) is 14.4 Å². The lowest BCUT2D eigenvalue weighted by atomic mass is 10.0. The minimum atomic E-state index is -0.680. The molecular weight excluding hydrogens is 348 g/mol. The second kappa shape index (κ2) is 11.9. The van der Waals surface area contributed by atoms with Crippen molar-refractivity contribution in [3.63, 3.8) is 0 Å². The molecule has 1 rings (SSSR count). The van der Waals surface area contributed by atoms with Crippen LogP contribution in [0.15, 0.2) is 24.3 Å². The van der Waals surface area contributed by atoms with E-state index in [1.807, 2.05) is 6.92 Å². The number of methoxy groups -OCH3 is 1. The van der Waals surface area contributed by atoms with Crippen molar-refractivity contribution in [3.05, 3.63) is 29.8 Å². The van der Waals surface area contributed by atoms with Gasteiger partial charge in [0.1, 0.15) is 12.3 Å². The summed E-state index contributed by atoms with van der Waals surface area (Å²) in [5.41, 5.74) is 0.320. The number of rotatable bonds is 11. The van der Waals surface area contributed by atoms with Crippen LogP contribution < -0.4 is 15.4 Å². The van der Waals surface area contributed by atoms with Crippen molar-refractivity contribution < 1.29 is 23.9 Å². The molecule has 1 unspecified atom stereocenters. The van der Waals surface area contributed by atoms with Crippen LogP contribution in [0.2, 0.25) is 0 Å². The Labute approximate surface area is 160 Å². The van der Waals surface area contributed by atoms with Crippen molar-refractivity contribution in [2.45, 2.75) is 46.1 Å². The molecule has 0 aliphatic heterocycles. The summed E-state index contributed by atoms with van der Waals surface area (Å²) in [6.07, 6.45) is 3.03. The minimum absolute atomic E-state index is 0.0280. The number of para-hydroxylation sites is 1. The smallest absolute Gasteiger partial charge is 0.325 e. The Morgan fingerprint density at radius 1 is 1.07 bits per heavy atom. The van der Waals surface area contributed by atoms with E-state index in [0.717, 1.165) is 19.3 Å². The Bertz CT molecular complexity index is 631. The van der Waals surface area contributed by atoms with Crippen LogP contribution in [-0.2, 0) is 14.3 Å². The van der Waals surface area contributed by atoms with Gasteiger partial charge in [-0.1, -0.05) is 38.8 Å². The lowest BCUT2D eigenvalue weighted by molar-refractivity contribution is -0.147. The Morgan fingerprint density at radius 3 is 2.44 bits per heavy atom. The standard InChI is InChI=1S/C20H30N2O5/c1-14(2)8-7-9-15(3)22-18(23)13-27-19(24)12-21-20(25)16-10-5-6-11-17(16)26-4/h5-6,10-11,14-15H,7-9,12-13H2,1-4H3,(H,21,25)(H,22,23). The van der Waals surface area contributed by atoms with Gasteiger partial charge in [-0.05, 0) is 31.4 Å². The van der Waals surface area contributed by atoms with Crippen LogP contribution >= 0.6 is 0 Å². The van der Waals surface area contributed by atoms with E-state index in [4.69, 9.17) is 9.47 Å². The normalized spacial score (nSPS) is 11.6. The van der Waals surface area contributed by atoms with Gasteiger partial charge in [-0.3, -0.25) is 14.4 Å². The lowest BCUT2D eigenvalue weighted by Crippen LogP contribution is -2.37. The van der Waals surface area contributed by atoms with Crippen LogP contribution in [0.1, 0.15) is 50.4 Å². The summed E-state index contributed by atoms with van der Waals surface area (Å²) in [6, 6.07) is 6.71. The number of carbonyl (C=O) groups excluding carboxylic acids is 3. The number of benzene rings is 1. The van der Waals surface area contributed by atoms with Gasteiger partial charge in [0.15, 0.2) is 6.61 Å². The Hall–Kier alpha value is -2.57. The molecule has 0 aromatic heterocycles. The molecule has 2 amide bonds. The molecular formula is C20H30N2O5. The van der Waals surface area contributed by atoms with E-state index in [-0.39, 0.29) is 25.1 Å². The predicted octanol–water partition coefficient (Wildman–Crippen LogP) is 2.30. The molecule has 0 aliphatic carbocycles. The molecule has 0 saturated heterocycles. The predicted molar refractivity (Wildman–Crippen MR) is 103 cm³/mol. The zero-order valence-corrected chi connectivity index (χ0v) is 16.5. The highest BCUT2D eigenvalue weighted by Crippen LogP contribution is 2.16. The number of ether oxygens (including phenoxy) is 2. The molecule has 7 heteroatoms. The van der Waals surface area contributed by atoms with Gasteiger partial charge in [0, 0.05) is 6.04 Å². The van der Waals surface area contributed by atoms with E-state index >= 15 is 0 Å². The van der Waals surface area contributed by atoms with Crippen LogP contribution in [0.25, 0.3) is 0 Å². The highest BCUT2D eigenvalue weighted by Gasteiger charge is 2.14. The summed E-state index contributed by atoms with van der Waals surface area (Å²) < 4.78 is 9.99. The van der Waals surface area contributed by atoms with Crippen molar-refractivity contribution in [1.82, 2.24) is 10.6 Å². The number of nitrogens with one attached hydrogen (secondary N) is 2. The van der Waals surface area contributed by atoms with E-state index in [2.05, 4.69) is 24.5 Å². The highest BCUT2D eigenvalue weighted by molar-refractivity contribution is 5.98. The SMILES string of the molecule is COc1ccccc1C(=O)NCC(=O)OCC(=O)NC(C)CCCC(C)C. The minimum Gasteiger partial charge on any atom is -0.496 e. The zero-order chi connectivity index (χ0) is 20.2. The van der Waals surface area contributed by atoms with Crippen molar-refractivity contribution in [3.8, 4) is 5.75 Å².